The Kier molecular flexibility index (Phi) is 7.32. The summed E-state index contributed by atoms with van der Waals surface area (Å²) in [6, 6.07) is 8.78. The van der Waals surface area contributed by atoms with Gasteiger partial charge in [-0.2, -0.15) is 13.2 Å². The maximum Gasteiger partial charge on any atom is 0.471 e. The average molecular weight is 459 g/mol. The van der Waals surface area contributed by atoms with Crippen molar-refractivity contribution in [3.05, 3.63) is 53.6 Å². The van der Waals surface area contributed by atoms with Crippen LogP contribution in [0, 0.1) is 6.92 Å². The summed E-state index contributed by atoms with van der Waals surface area (Å²) < 4.78 is 67.7. The molecule has 2 aromatic rings. The first-order chi connectivity index (χ1) is 14.3. The maximum atomic E-state index is 12.8. The number of nitrogens with one attached hydrogen (secondary N) is 1. The highest BCUT2D eigenvalue weighted by molar-refractivity contribution is 7.91. The van der Waals surface area contributed by atoms with E-state index in [1.165, 1.54) is 49.4 Å². The van der Waals surface area contributed by atoms with Gasteiger partial charge in [0.25, 0.3) is 0 Å². The number of aliphatic carboxylic acids is 1. The second kappa shape index (κ2) is 9.38. The van der Waals surface area contributed by atoms with Crippen LogP contribution in [0.2, 0.25) is 0 Å². The van der Waals surface area contributed by atoms with Gasteiger partial charge < -0.3 is 15.2 Å². The number of alkyl halides is 3. The van der Waals surface area contributed by atoms with Crippen LogP contribution < -0.4 is 10.1 Å². The first-order valence-electron chi connectivity index (χ1n) is 8.97. The van der Waals surface area contributed by atoms with E-state index in [2.05, 4.69) is 0 Å². The van der Waals surface area contributed by atoms with Crippen LogP contribution in [0.3, 0.4) is 0 Å². The molecule has 31 heavy (non-hydrogen) atoms. The number of carboxylic acid groups (broad SMARTS) is 1. The van der Waals surface area contributed by atoms with Crippen LogP contribution in [0.1, 0.15) is 18.1 Å². The second-order valence-corrected chi connectivity index (χ2v) is 8.78. The predicted octanol–water partition coefficient (Wildman–Crippen LogP) is 2.90. The van der Waals surface area contributed by atoms with E-state index in [4.69, 9.17) is 9.84 Å². The minimum absolute atomic E-state index is 0.0220. The molecule has 0 spiro atoms. The standard InChI is InChI=1S/C20H20F3NO6S/c1-12-9-16(7-8-17(12)30-11-18(25)26)31(28,29)15-5-3-14(4-6-15)10-13(2)24-19(27)20(21,22)23/h3-9,13H,10-11H2,1-2H3,(H,24,27)(H,25,26)/t13-/m1/s1. The van der Waals surface area contributed by atoms with Gasteiger partial charge in [-0.3, -0.25) is 4.79 Å². The number of carboxylic acids is 1. The van der Waals surface area contributed by atoms with E-state index in [1.54, 1.807) is 6.92 Å². The molecule has 0 saturated carbocycles. The minimum Gasteiger partial charge on any atom is -0.482 e. The zero-order valence-corrected chi connectivity index (χ0v) is 17.4. The molecule has 2 aromatic carbocycles. The van der Waals surface area contributed by atoms with Gasteiger partial charge in [0.15, 0.2) is 6.61 Å². The Hall–Kier alpha value is -3.08. The molecule has 7 nitrogen and oxygen atoms in total. The van der Waals surface area contributed by atoms with Crippen LogP contribution in [-0.4, -0.2) is 44.2 Å². The van der Waals surface area contributed by atoms with Crippen molar-refractivity contribution in [1.29, 1.82) is 0 Å². The molecular weight excluding hydrogens is 439 g/mol. The van der Waals surface area contributed by atoms with E-state index >= 15 is 0 Å². The van der Waals surface area contributed by atoms with Gasteiger partial charge in [-0.05, 0) is 61.7 Å². The Morgan fingerprint density at radius 1 is 1.10 bits per heavy atom. The lowest BCUT2D eigenvalue weighted by molar-refractivity contribution is -0.174. The van der Waals surface area contributed by atoms with E-state index in [-0.39, 0.29) is 22.0 Å². The molecule has 168 valence electrons. The number of carbonyl (C=O) groups is 2. The Morgan fingerprint density at radius 2 is 1.68 bits per heavy atom. The van der Waals surface area contributed by atoms with Crippen LogP contribution in [-0.2, 0) is 25.8 Å². The first-order valence-corrected chi connectivity index (χ1v) is 10.5. The van der Waals surface area contributed by atoms with Gasteiger partial charge in [0.1, 0.15) is 5.75 Å². The van der Waals surface area contributed by atoms with Gasteiger partial charge in [0.05, 0.1) is 9.79 Å². The van der Waals surface area contributed by atoms with E-state index in [0.29, 0.717) is 11.1 Å². The van der Waals surface area contributed by atoms with Gasteiger partial charge in [-0.15, -0.1) is 0 Å². The van der Waals surface area contributed by atoms with Gasteiger partial charge >= 0.3 is 18.1 Å². The van der Waals surface area contributed by atoms with Gasteiger partial charge in [0.2, 0.25) is 9.84 Å². The number of benzene rings is 2. The lowest BCUT2D eigenvalue weighted by Crippen LogP contribution is -2.42. The Morgan fingerprint density at radius 3 is 2.19 bits per heavy atom. The Balaban J connectivity index is 2.13. The molecule has 0 aliphatic heterocycles. The number of ether oxygens (including phenoxy) is 1. The van der Waals surface area contributed by atoms with Crippen molar-refractivity contribution in [1.82, 2.24) is 5.32 Å². The molecule has 0 unspecified atom stereocenters. The van der Waals surface area contributed by atoms with Crippen LogP contribution in [0.15, 0.2) is 52.3 Å². The predicted molar refractivity (Wildman–Crippen MR) is 104 cm³/mol. The largest absolute Gasteiger partial charge is 0.482 e. The quantitative estimate of drug-likeness (QED) is 0.628. The average Bonchev–Trinajstić information content (AvgIpc) is 2.66. The highest BCUT2D eigenvalue weighted by Crippen LogP contribution is 2.27. The third-order valence-electron chi connectivity index (χ3n) is 4.22. The third-order valence-corrected chi connectivity index (χ3v) is 5.99. The summed E-state index contributed by atoms with van der Waals surface area (Å²) >= 11 is 0. The van der Waals surface area contributed by atoms with E-state index in [1.807, 2.05) is 5.32 Å². The summed E-state index contributed by atoms with van der Waals surface area (Å²) in [7, 11) is -3.88. The summed E-state index contributed by atoms with van der Waals surface area (Å²) in [6.45, 7) is 2.43. The fraction of sp³-hybridized carbons (Fsp3) is 0.300. The number of sulfone groups is 1. The number of hydrogen-bond acceptors (Lipinski definition) is 5. The van der Waals surface area contributed by atoms with E-state index < -0.39 is 40.5 Å². The number of halogens is 3. The summed E-state index contributed by atoms with van der Waals surface area (Å²) in [5.41, 5.74) is 0.982. The van der Waals surface area contributed by atoms with Crippen LogP contribution in [0.4, 0.5) is 13.2 Å². The Bertz CT molecular complexity index is 1070. The Labute approximate surface area is 176 Å². The zero-order chi connectivity index (χ0) is 23.4. The SMILES string of the molecule is Cc1cc(S(=O)(=O)c2ccc(C[C@@H](C)NC(=O)C(F)(F)F)cc2)ccc1OCC(=O)O. The third kappa shape index (κ3) is 6.45. The molecule has 1 amide bonds. The summed E-state index contributed by atoms with van der Waals surface area (Å²) in [5, 5.41) is 10.5. The monoisotopic (exact) mass is 459 g/mol. The number of amides is 1. The lowest BCUT2D eigenvalue weighted by Gasteiger charge is -2.15. The van der Waals surface area contributed by atoms with Crippen LogP contribution in [0.25, 0.3) is 0 Å². The second-order valence-electron chi connectivity index (χ2n) is 6.83. The molecule has 0 aromatic heterocycles. The number of rotatable bonds is 8. The van der Waals surface area contributed by atoms with E-state index in [0.717, 1.165) is 0 Å². The normalized spacial score (nSPS) is 12.8. The highest BCUT2D eigenvalue weighted by atomic mass is 32.2. The van der Waals surface area contributed by atoms with Gasteiger partial charge in [0, 0.05) is 6.04 Å². The first kappa shape index (κ1) is 24.2. The zero-order valence-electron chi connectivity index (χ0n) is 16.6. The fourth-order valence-corrected chi connectivity index (χ4v) is 4.09. The molecule has 1 atom stereocenters. The minimum atomic E-state index is -4.97. The molecule has 2 N–H and O–H groups in total. The number of hydrogen-bond donors (Lipinski definition) is 2. The highest BCUT2D eigenvalue weighted by Gasteiger charge is 2.39. The maximum absolute atomic E-state index is 12.8. The molecule has 11 heteroatoms. The summed E-state index contributed by atoms with van der Waals surface area (Å²) in [6.07, 6.45) is -4.89. The van der Waals surface area contributed by atoms with E-state index in [9.17, 15) is 31.2 Å². The van der Waals surface area contributed by atoms with Crippen LogP contribution in [0.5, 0.6) is 5.75 Å². The molecule has 0 heterocycles. The van der Waals surface area contributed by atoms with Crippen molar-refractivity contribution in [2.75, 3.05) is 6.61 Å². The molecule has 0 aliphatic rings. The molecule has 2 rings (SSSR count). The molecule has 0 saturated heterocycles. The molecule has 0 bridgehead atoms. The van der Waals surface area contributed by atoms with Crippen molar-refractivity contribution in [2.45, 2.75) is 42.3 Å². The van der Waals surface area contributed by atoms with Crippen molar-refractivity contribution < 1.29 is 41.0 Å². The lowest BCUT2D eigenvalue weighted by atomic mass is 10.1. The van der Waals surface area contributed by atoms with Crippen molar-refractivity contribution >= 4 is 21.7 Å². The summed E-state index contributed by atoms with van der Waals surface area (Å²) in [4.78, 5) is 21.5. The molecule has 0 radical (unpaired) electrons. The fourth-order valence-electron chi connectivity index (χ4n) is 2.74. The summed E-state index contributed by atoms with van der Waals surface area (Å²) in [5.74, 6) is -2.96. The molecule has 0 fully saturated rings. The smallest absolute Gasteiger partial charge is 0.471 e. The van der Waals surface area contributed by atoms with Crippen molar-refractivity contribution in [2.24, 2.45) is 0 Å². The topological polar surface area (TPSA) is 110 Å². The number of carbonyl (C=O) groups excluding carboxylic acids is 1. The van der Waals surface area contributed by atoms with Crippen molar-refractivity contribution in [3.63, 3.8) is 0 Å². The number of aryl methyl sites for hydroxylation is 1. The van der Waals surface area contributed by atoms with Crippen LogP contribution >= 0.6 is 0 Å². The van der Waals surface area contributed by atoms with Crippen molar-refractivity contribution in [3.8, 4) is 5.75 Å². The molecule has 0 aliphatic carbocycles. The van der Waals surface area contributed by atoms with Gasteiger partial charge in [-0.25, -0.2) is 13.2 Å². The molecular formula is C20H20F3NO6S. The van der Waals surface area contributed by atoms with Gasteiger partial charge in [-0.1, -0.05) is 12.1 Å².